The Hall–Kier alpha value is -1.82. The number of carbonyl (C=O) groups is 3. The normalized spacial score (nSPS) is 13.8. The van der Waals surface area contributed by atoms with E-state index in [2.05, 4.69) is 36.2 Å². The van der Waals surface area contributed by atoms with Crippen molar-refractivity contribution in [2.75, 3.05) is 12.3 Å². The molecule has 0 bridgehead atoms. The Morgan fingerprint density at radius 2 is 1.43 bits per heavy atom. The molecule has 0 radical (unpaired) electrons. The zero-order valence-corrected chi connectivity index (χ0v) is 32.7. The van der Waals surface area contributed by atoms with Crippen molar-refractivity contribution >= 4 is 29.7 Å². The lowest BCUT2D eigenvalue weighted by molar-refractivity contribution is -0.148. The number of ether oxygens (including phenoxy) is 1. The fourth-order valence-corrected chi connectivity index (χ4v) is 6.40. The first kappa shape index (κ1) is 47.2. The SMILES string of the molecule is CCCCCCCCCCCCCCCC/C=C\CCC#CCCC(=O)O[C@H](C)C[C@H](CCC[C@@](C)(O)CC(=O)NCCSO)CC(C)=O. The van der Waals surface area contributed by atoms with Gasteiger partial charge < -0.3 is 24.5 Å². The smallest absolute Gasteiger partial charge is 0.307 e. The van der Waals surface area contributed by atoms with E-state index in [0.717, 1.165) is 19.3 Å². The summed E-state index contributed by atoms with van der Waals surface area (Å²) in [7, 11) is 0. The predicted molar refractivity (Wildman–Crippen MR) is 206 cm³/mol. The van der Waals surface area contributed by atoms with E-state index in [4.69, 9.17) is 9.29 Å². The monoisotopic (exact) mass is 708 g/mol. The molecule has 0 spiro atoms. The predicted octanol–water partition coefficient (Wildman–Crippen LogP) is 10.5. The number of unbranched alkanes of at least 4 members (excludes halogenated alkanes) is 15. The molecule has 49 heavy (non-hydrogen) atoms. The van der Waals surface area contributed by atoms with Gasteiger partial charge in [0.25, 0.3) is 0 Å². The number of amides is 1. The Morgan fingerprint density at radius 1 is 0.857 bits per heavy atom. The van der Waals surface area contributed by atoms with Gasteiger partial charge in [0.15, 0.2) is 0 Å². The zero-order chi connectivity index (χ0) is 36.4. The van der Waals surface area contributed by atoms with Gasteiger partial charge in [-0.1, -0.05) is 109 Å². The second-order valence-electron chi connectivity index (χ2n) is 14.3. The molecule has 0 saturated carbocycles. The number of carbonyl (C=O) groups excluding carboxylic acids is 3. The van der Waals surface area contributed by atoms with Gasteiger partial charge in [-0.25, -0.2) is 0 Å². The van der Waals surface area contributed by atoms with Crippen molar-refractivity contribution in [3.63, 3.8) is 0 Å². The van der Waals surface area contributed by atoms with Crippen LogP contribution in [-0.2, 0) is 19.1 Å². The summed E-state index contributed by atoms with van der Waals surface area (Å²) in [6.45, 7) is 7.67. The van der Waals surface area contributed by atoms with Crippen molar-refractivity contribution in [1.29, 1.82) is 0 Å². The summed E-state index contributed by atoms with van der Waals surface area (Å²) in [6.07, 6.45) is 29.9. The number of Topliss-reactive ketones (excluding diaryl/α,β-unsaturated/α-hetero) is 1. The van der Waals surface area contributed by atoms with Crippen molar-refractivity contribution in [2.45, 2.75) is 200 Å². The Morgan fingerprint density at radius 3 is 2.02 bits per heavy atom. The number of aliphatic hydroxyl groups is 1. The third-order valence-electron chi connectivity index (χ3n) is 8.86. The molecule has 0 rings (SSSR count). The molecule has 3 atom stereocenters. The lowest BCUT2D eigenvalue weighted by atomic mass is 9.87. The average molecular weight is 708 g/mol. The van der Waals surface area contributed by atoms with Gasteiger partial charge in [-0.3, -0.25) is 9.59 Å². The largest absolute Gasteiger partial charge is 0.463 e. The Bertz CT molecular complexity index is 925. The minimum Gasteiger partial charge on any atom is -0.463 e. The molecule has 0 fully saturated rings. The van der Waals surface area contributed by atoms with Crippen LogP contribution in [0.5, 0.6) is 0 Å². The molecule has 0 aliphatic heterocycles. The number of hydrogen-bond donors (Lipinski definition) is 3. The number of allylic oxidation sites excluding steroid dienone is 2. The average Bonchev–Trinajstić information content (AvgIpc) is 3.02. The van der Waals surface area contributed by atoms with E-state index in [0.29, 0.717) is 62.9 Å². The van der Waals surface area contributed by atoms with E-state index in [9.17, 15) is 19.5 Å². The molecule has 0 aromatic carbocycles. The molecule has 0 unspecified atom stereocenters. The highest BCUT2D eigenvalue weighted by Crippen LogP contribution is 2.25. The zero-order valence-electron chi connectivity index (χ0n) is 31.8. The lowest BCUT2D eigenvalue weighted by Crippen LogP contribution is -2.35. The molecular weight excluding hydrogens is 635 g/mol. The first-order chi connectivity index (χ1) is 23.6. The Balaban J connectivity index is 3.97. The van der Waals surface area contributed by atoms with E-state index >= 15 is 0 Å². The van der Waals surface area contributed by atoms with Crippen LogP contribution in [0.3, 0.4) is 0 Å². The fourth-order valence-electron chi connectivity index (χ4n) is 6.20. The molecule has 0 saturated heterocycles. The molecule has 7 nitrogen and oxygen atoms in total. The fraction of sp³-hybridized carbons (Fsp3) is 0.829. The second kappa shape index (κ2) is 33.3. The number of nitrogens with one attached hydrogen (secondary N) is 1. The third kappa shape index (κ3) is 34.4. The van der Waals surface area contributed by atoms with Crippen LogP contribution in [0, 0.1) is 17.8 Å². The summed E-state index contributed by atoms with van der Waals surface area (Å²) in [5.74, 6) is 6.23. The van der Waals surface area contributed by atoms with E-state index in [1.807, 2.05) is 6.92 Å². The van der Waals surface area contributed by atoms with Crippen molar-refractivity contribution in [1.82, 2.24) is 5.32 Å². The molecule has 284 valence electrons. The Labute approximate surface area is 305 Å². The van der Waals surface area contributed by atoms with Gasteiger partial charge in [-0.2, -0.15) is 0 Å². The number of rotatable bonds is 33. The molecule has 0 aromatic rings. The van der Waals surface area contributed by atoms with Gasteiger partial charge in [0.05, 0.1) is 24.5 Å². The van der Waals surface area contributed by atoms with Crippen molar-refractivity contribution < 1.29 is 28.8 Å². The highest BCUT2D eigenvalue weighted by Gasteiger charge is 2.25. The van der Waals surface area contributed by atoms with Crippen LogP contribution in [0.4, 0.5) is 0 Å². The van der Waals surface area contributed by atoms with E-state index in [1.54, 1.807) is 13.8 Å². The van der Waals surface area contributed by atoms with Crippen LogP contribution in [0.25, 0.3) is 0 Å². The van der Waals surface area contributed by atoms with Crippen LogP contribution >= 0.6 is 12.0 Å². The minimum atomic E-state index is -1.15. The molecule has 0 aliphatic rings. The summed E-state index contributed by atoms with van der Waals surface area (Å²) >= 11 is 0.661. The van der Waals surface area contributed by atoms with Gasteiger partial charge in [0.1, 0.15) is 5.78 Å². The summed E-state index contributed by atoms with van der Waals surface area (Å²) in [6, 6.07) is 0. The lowest BCUT2D eigenvalue weighted by Gasteiger charge is -2.25. The van der Waals surface area contributed by atoms with E-state index in [-0.39, 0.29) is 42.5 Å². The van der Waals surface area contributed by atoms with Gasteiger partial charge in [0, 0.05) is 31.6 Å². The summed E-state index contributed by atoms with van der Waals surface area (Å²) in [5, 5.41) is 13.3. The Kier molecular flexibility index (Phi) is 32.1. The number of ketones is 1. The molecule has 0 aliphatic carbocycles. The van der Waals surface area contributed by atoms with Crippen LogP contribution in [-0.4, -0.2) is 51.3 Å². The van der Waals surface area contributed by atoms with Crippen LogP contribution in [0.2, 0.25) is 0 Å². The van der Waals surface area contributed by atoms with Gasteiger partial charge in [0.2, 0.25) is 5.91 Å². The molecule has 3 N–H and O–H groups in total. The van der Waals surface area contributed by atoms with Gasteiger partial charge >= 0.3 is 5.97 Å². The molecule has 1 amide bonds. The van der Waals surface area contributed by atoms with Crippen molar-refractivity contribution in [3.8, 4) is 11.8 Å². The standard InChI is InChI=1S/C41H73NO6S/c1-5-6-7-8-9-10-11-12-13-14-15-16-17-18-19-20-21-22-23-24-25-26-29-40(45)48-37(3)34-38(33-36(2)43)28-27-30-41(4,46)35-39(44)42-31-32-49-47/h20-21,37-38,46-47H,5-19,22-23,26-35H2,1-4H3,(H,42,44)/b21-20-/t37-,38-,41-/m1/s1. The van der Waals surface area contributed by atoms with Crippen LogP contribution in [0.15, 0.2) is 12.2 Å². The summed E-state index contributed by atoms with van der Waals surface area (Å²) < 4.78 is 14.4. The van der Waals surface area contributed by atoms with Crippen LogP contribution in [0.1, 0.15) is 188 Å². The number of esters is 1. The highest BCUT2D eigenvalue weighted by molar-refractivity contribution is 7.93. The maximum atomic E-state index is 12.4. The third-order valence-corrected chi connectivity index (χ3v) is 9.25. The van der Waals surface area contributed by atoms with Crippen molar-refractivity contribution in [2.24, 2.45) is 5.92 Å². The molecular formula is C41H73NO6S. The topological polar surface area (TPSA) is 113 Å². The number of hydrogen-bond acceptors (Lipinski definition) is 7. The maximum absolute atomic E-state index is 12.4. The van der Waals surface area contributed by atoms with E-state index in [1.165, 1.54) is 89.9 Å². The van der Waals surface area contributed by atoms with E-state index < -0.39 is 5.60 Å². The highest BCUT2D eigenvalue weighted by atomic mass is 32.2. The first-order valence-corrected chi connectivity index (χ1v) is 20.6. The van der Waals surface area contributed by atoms with Crippen molar-refractivity contribution in [3.05, 3.63) is 12.2 Å². The second-order valence-corrected chi connectivity index (χ2v) is 15.0. The minimum absolute atomic E-state index is 0.0202. The first-order valence-electron chi connectivity index (χ1n) is 19.6. The molecule has 0 aromatic heterocycles. The maximum Gasteiger partial charge on any atom is 0.307 e. The quantitative estimate of drug-likeness (QED) is 0.0205. The van der Waals surface area contributed by atoms with Crippen LogP contribution < -0.4 is 5.32 Å². The summed E-state index contributed by atoms with van der Waals surface area (Å²) in [5.41, 5.74) is -1.15. The van der Waals surface area contributed by atoms with Gasteiger partial charge in [-0.05, 0) is 77.3 Å². The molecule has 0 heterocycles. The van der Waals surface area contributed by atoms with Gasteiger partial charge in [-0.15, -0.1) is 11.8 Å². The summed E-state index contributed by atoms with van der Waals surface area (Å²) in [4.78, 5) is 36.2. The molecule has 8 heteroatoms.